The molecule has 0 radical (unpaired) electrons. The first-order valence-corrected chi connectivity index (χ1v) is 10.4. The molecule has 0 unspecified atom stereocenters. The van der Waals surface area contributed by atoms with Crippen molar-refractivity contribution in [2.24, 2.45) is 4.99 Å². The van der Waals surface area contributed by atoms with Crippen LogP contribution in [0.4, 0.5) is 14.5 Å². The number of nitriles is 1. The van der Waals surface area contributed by atoms with E-state index in [4.69, 9.17) is 22.0 Å². The zero-order chi connectivity index (χ0) is 26.1. The Morgan fingerprint density at radius 1 is 1.17 bits per heavy atom. The molecule has 2 N–H and O–H groups in total. The molecule has 6 nitrogen and oxygen atoms in total. The number of carbonyl (C=O) groups is 2. The summed E-state index contributed by atoms with van der Waals surface area (Å²) < 4.78 is 26.0. The molecule has 3 aromatic rings. The quantitative estimate of drug-likeness (QED) is 0.413. The molecule has 9 heteroatoms. The van der Waals surface area contributed by atoms with E-state index >= 15 is 0 Å². The molecule has 0 atom stereocenters. The van der Waals surface area contributed by atoms with Gasteiger partial charge in [-0.05, 0) is 43.5 Å². The second kappa shape index (κ2) is 12.2. The largest absolute Gasteiger partial charge is 0.480 e. The van der Waals surface area contributed by atoms with Crippen LogP contribution in [-0.2, 0) is 4.79 Å². The van der Waals surface area contributed by atoms with E-state index in [2.05, 4.69) is 24.4 Å². The van der Waals surface area contributed by atoms with Gasteiger partial charge in [0.15, 0.2) is 0 Å². The van der Waals surface area contributed by atoms with Gasteiger partial charge in [0.25, 0.3) is 5.91 Å². The van der Waals surface area contributed by atoms with Gasteiger partial charge in [0.1, 0.15) is 23.7 Å². The van der Waals surface area contributed by atoms with Crippen LogP contribution < -0.4 is 5.32 Å². The normalized spacial score (nSPS) is 9.80. The topological polar surface area (TPSA) is 103 Å². The second-order valence-corrected chi connectivity index (χ2v) is 7.44. The van der Waals surface area contributed by atoms with Crippen molar-refractivity contribution in [2.75, 3.05) is 6.54 Å². The van der Waals surface area contributed by atoms with Gasteiger partial charge in [-0.3, -0.25) is 14.6 Å². The lowest BCUT2D eigenvalue weighted by Gasteiger charge is -2.12. The fourth-order valence-corrected chi connectivity index (χ4v) is 3.40. The third-order valence-electron chi connectivity index (χ3n) is 4.78. The van der Waals surface area contributed by atoms with Gasteiger partial charge in [-0.1, -0.05) is 48.5 Å². The van der Waals surface area contributed by atoms with Crippen molar-refractivity contribution >= 4 is 42.0 Å². The maximum atomic E-state index is 13.0. The van der Waals surface area contributed by atoms with Crippen molar-refractivity contribution in [1.82, 2.24) is 5.32 Å². The van der Waals surface area contributed by atoms with E-state index in [1.165, 1.54) is 0 Å². The number of halogens is 3. The van der Waals surface area contributed by atoms with Crippen molar-refractivity contribution in [3.63, 3.8) is 0 Å². The summed E-state index contributed by atoms with van der Waals surface area (Å²) in [6.07, 6.45) is 1.76. The molecule has 0 saturated carbocycles. The van der Waals surface area contributed by atoms with E-state index in [0.717, 1.165) is 46.1 Å². The minimum absolute atomic E-state index is 0.521. The minimum Gasteiger partial charge on any atom is -0.480 e. The van der Waals surface area contributed by atoms with Gasteiger partial charge in [-0.15, -0.1) is 0 Å². The third-order valence-corrected chi connectivity index (χ3v) is 5.09. The van der Waals surface area contributed by atoms with E-state index in [-0.39, 0.29) is 0 Å². The summed E-state index contributed by atoms with van der Waals surface area (Å²) in [5.41, 5.74) is 4.24. The average Bonchev–Trinajstić information content (AvgIpc) is 2.82. The Bertz CT molecular complexity index is 1330. The van der Waals surface area contributed by atoms with Gasteiger partial charge in [0.05, 0.1) is 17.3 Å². The summed E-state index contributed by atoms with van der Waals surface area (Å²) in [7, 11) is 0. The lowest BCUT2D eigenvalue weighted by molar-refractivity contribution is -0.135. The number of hydrogen-bond donors (Lipinski definition) is 2. The monoisotopic (exact) mass is 495 g/mol. The molecule has 0 aromatic heterocycles. The number of carboxylic acids is 1. The van der Waals surface area contributed by atoms with Crippen LogP contribution in [0, 0.1) is 29.9 Å². The van der Waals surface area contributed by atoms with E-state index in [1.807, 2.05) is 30.4 Å². The molecule has 0 heterocycles. The molecule has 0 fully saturated rings. The summed E-state index contributed by atoms with van der Waals surface area (Å²) in [6.45, 7) is 8.77. The molecule has 0 aliphatic carbocycles. The summed E-state index contributed by atoms with van der Waals surface area (Å²) >= 11 is 6.27. The Morgan fingerprint density at radius 2 is 1.80 bits per heavy atom. The first kappa shape index (κ1) is 26.9. The van der Waals surface area contributed by atoms with Crippen molar-refractivity contribution in [1.29, 1.82) is 5.26 Å². The Hall–Kier alpha value is -4.35. The van der Waals surface area contributed by atoms with Gasteiger partial charge in [0.2, 0.25) is 0 Å². The Labute approximate surface area is 205 Å². The van der Waals surface area contributed by atoms with Gasteiger partial charge in [-0.25, -0.2) is 8.78 Å². The number of hydrogen-bond acceptors (Lipinski definition) is 4. The Balaban J connectivity index is 0.000000258. The smallest absolute Gasteiger partial charge is 0.322 e. The molecular weight excluding hydrogens is 476 g/mol. The van der Waals surface area contributed by atoms with E-state index in [9.17, 15) is 18.4 Å². The summed E-state index contributed by atoms with van der Waals surface area (Å²) in [4.78, 5) is 25.4. The minimum atomic E-state index is -1.29. The Kier molecular flexibility index (Phi) is 9.38. The average molecular weight is 496 g/mol. The molecule has 1 amide bonds. The van der Waals surface area contributed by atoms with Crippen molar-refractivity contribution < 1.29 is 23.5 Å². The van der Waals surface area contributed by atoms with Crippen LogP contribution in [0.5, 0.6) is 0 Å². The van der Waals surface area contributed by atoms with Crippen LogP contribution in [0.25, 0.3) is 17.2 Å². The Morgan fingerprint density at radius 3 is 2.31 bits per heavy atom. The van der Waals surface area contributed by atoms with Gasteiger partial charge < -0.3 is 10.4 Å². The lowest BCUT2D eigenvalue weighted by atomic mass is 9.96. The summed E-state index contributed by atoms with van der Waals surface area (Å²) in [5.74, 6) is -4.44. The number of aryl methyl sites for hydroxylation is 1. The van der Waals surface area contributed by atoms with Crippen LogP contribution in [0.2, 0.25) is 5.02 Å². The van der Waals surface area contributed by atoms with Gasteiger partial charge >= 0.3 is 5.97 Å². The van der Waals surface area contributed by atoms with E-state index in [0.29, 0.717) is 10.6 Å². The number of amides is 1. The first-order valence-electron chi connectivity index (χ1n) is 10.0. The highest BCUT2D eigenvalue weighted by atomic mass is 35.5. The highest BCUT2D eigenvalue weighted by Crippen LogP contribution is 2.39. The summed E-state index contributed by atoms with van der Waals surface area (Å²) in [5, 5.41) is 19.5. The molecule has 35 heavy (non-hydrogen) atoms. The highest BCUT2D eigenvalue weighted by molar-refractivity contribution is 6.33. The lowest BCUT2D eigenvalue weighted by Crippen LogP contribution is -2.30. The van der Waals surface area contributed by atoms with E-state index in [1.54, 1.807) is 18.2 Å². The van der Waals surface area contributed by atoms with Crippen molar-refractivity contribution in [3.8, 4) is 17.2 Å². The molecule has 3 rings (SSSR count). The van der Waals surface area contributed by atoms with Crippen molar-refractivity contribution in [3.05, 3.63) is 94.0 Å². The molecule has 0 aliphatic heterocycles. The molecule has 0 bridgehead atoms. The maximum absolute atomic E-state index is 13.0. The number of aliphatic imine (C=N–C) groups is 1. The number of benzene rings is 3. The van der Waals surface area contributed by atoms with Crippen LogP contribution in [0.15, 0.2) is 60.1 Å². The number of nitrogens with one attached hydrogen (secondary N) is 1. The first-order chi connectivity index (χ1) is 16.6. The van der Waals surface area contributed by atoms with Crippen LogP contribution in [0.1, 0.15) is 27.0 Å². The van der Waals surface area contributed by atoms with Crippen LogP contribution in [0.3, 0.4) is 0 Å². The standard InChI is InChI=1S/C17H13ClN2.C9H7F2NO3/c1-4-13-11(2)5-7-15(17(13)20-3)14-8-6-12(10-19)9-16(14)18;10-5-2-1-3-6(11)8(5)9(15)12-4-7(13)14/h4-9H,1,3H2,2H3;1-3H,4H2,(H,12,15)(H,13,14). The number of rotatable bonds is 6. The molecule has 0 aliphatic rings. The molecule has 0 saturated heterocycles. The van der Waals surface area contributed by atoms with Gasteiger partial charge in [-0.2, -0.15) is 5.26 Å². The molecule has 0 spiro atoms. The fraction of sp³-hybridized carbons (Fsp3) is 0.0769. The second-order valence-electron chi connectivity index (χ2n) is 7.03. The summed E-state index contributed by atoms with van der Waals surface area (Å²) in [6, 6.07) is 14.2. The number of aliphatic carboxylic acids is 1. The van der Waals surface area contributed by atoms with Gasteiger partial charge in [0, 0.05) is 21.7 Å². The number of carbonyl (C=O) groups excluding carboxylic acids is 1. The van der Waals surface area contributed by atoms with E-state index < -0.39 is 35.6 Å². The highest BCUT2D eigenvalue weighted by Gasteiger charge is 2.17. The van der Waals surface area contributed by atoms with Crippen LogP contribution >= 0.6 is 11.6 Å². The predicted molar refractivity (Wildman–Crippen MR) is 132 cm³/mol. The molecular formula is C26H20ClF2N3O3. The van der Waals surface area contributed by atoms with Crippen LogP contribution in [-0.4, -0.2) is 30.2 Å². The number of nitrogens with zero attached hydrogens (tertiary/aromatic N) is 2. The number of carboxylic acid groups (broad SMARTS) is 1. The predicted octanol–water partition coefficient (Wildman–Crippen LogP) is 5.94. The SMILES string of the molecule is C=Cc1c(C)ccc(-c2ccc(C#N)cc2Cl)c1N=C.O=C(O)CNC(=O)c1c(F)cccc1F. The maximum Gasteiger partial charge on any atom is 0.322 e. The fourth-order valence-electron chi connectivity index (χ4n) is 3.12. The zero-order valence-electron chi connectivity index (χ0n) is 18.6. The molecule has 3 aromatic carbocycles. The molecule has 178 valence electrons. The van der Waals surface area contributed by atoms with Crippen molar-refractivity contribution in [2.45, 2.75) is 6.92 Å². The third kappa shape index (κ3) is 6.59. The zero-order valence-corrected chi connectivity index (χ0v) is 19.4.